The molecule has 0 bridgehead atoms. The zero-order valence-corrected chi connectivity index (χ0v) is 9.68. The standard InChI is InChI=1S/C12H15N3O2/c1-2-10-14-12-8(13)4-3-5-9(12)15(10)7-6-11(16)17/h3-5H,2,6-7,13H2,1H3,(H,16,17). The molecule has 5 nitrogen and oxygen atoms in total. The van der Waals surface area contributed by atoms with Crippen LogP contribution in [0.5, 0.6) is 0 Å². The van der Waals surface area contributed by atoms with E-state index < -0.39 is 5.97 Å². The van der Waals surface area contributed by atoms with Gasteiger partial charge < -0.3 is 15.4 Å². The lowest BCUT2D eigenvalue weighted by Gasteiger charge is -2.05. The summed E-state index contributed by atoms with van der Waals surface area (Å²) < 4.78 is 1.93. The first-order valence-electron chi connectivity index (χ1n) is 5.59. The highest BCUT2D eigenvalue weighted by Gasteiger charge is 2.11. The maximum atomic E-state index is 10.6. The van der Waals surface area contributed by atoms with Crippen molar-refractivity contribution in [2.75, 3.05) is 5.73 Å². The Morgan fingerprint density at radius 2 is 2.29 bits per heavy atom. The number of aromatic nitrogens is 2. The minimum atomic E-state index is -0.808. The van der Waals surface area contributed by atoms with Gasteiger partial charge in [-0.3, -0.25) is 4.79 Å². The van der Waals surface area contributed by atoms with Gasteiger partial charge in [0.1, 0.15) is 11.3 Å². The van der Waals surface area contributed by atoms with Crippen molar-refractivity contribution in [3.05, 3.63) is 24.0 Å². The highest BCUT2D eigenvalue weighted by molar-refractivity contribution is 5.87. The van der Waals surface area contributed by atoms with E-state index in [1.807, 2.05) is 23.6 Å². The summed E-state index contributed by atoms with van der Waals surface area (Å²) in [6, 6.07) is 5.58. The molecule has 1 aromatic carbocycles. The minimum absolute atomic E-state index is 0.0905. The van der Waals surface area contributed by atoms with Gasteiger partial charge in [0.05, 0.1) is 17.6 Å². The Morgan fingerprint density at radius 1 is 1.53 bits per heavy atom. The molecule has 0 saturated carbocycles. The summed E-state index contributed by atoms with van der Waals surface area (Å²) in [5.74, 6) is 0.0666. The van der Waals surface area contributed by atoms with E-state index in [1.54, 1.807) is 6.07 Å². The normalized spacial score (nSPS) is 10.9. The number of carbonyl (C=O) groups is 1. The molecule has 0 aliphatic rings. The summed E-state index contributed by atoms with van der Waals surface area (Å²) in [6.45, 7) is 2.42. The number of aryl methyl sites for hydroxylation is 2. The first-order chi connectivity index (χ1) is 8.13. The zero-order chi connectivity index (χ0) is 12.4. The van der Waals surface area contributed by atoms with Crippen LogP contribution in [0, 0.1) is 0 Å². The predicted molar refractivity (Wildman–Crippen MR) is 65.8 cm³/mol. The third-order valence-electron chi connectivity index (χ3n) is 2.75. The van der Waals surface area contributed by atoms with Crippen molar-refractivity contribution in [3.63, 3.8) is 0 Å². The Balaban J connectivity index is 2.51. The molecule has 0 aliphatic carbocycles. The summed E-state index contributed by atoms with van der Waals surface area (Å²) >= 11 is 0. The molecule has 0 atom stereocenters. The quantitative estimate of drug-likeness (QED) is 0.787. The Morgan fingerprint density at radius 3 is 2.94 bits per heavy atom. The van der Waals surface area contributed by atoms with E-state index in [1.165, 1.54) is 0 Å². The number of para-hydroxylation sites is 1. The van der Waals surface area contributed by atoms with Gasteiger partial charge in [0, 0.05) is 13.0 Å². The highest BCUT2D eigenvalue weighted by atomic mass is 16.4. The molecule has 0 amide bonds. The number of nitrogens with zero attached hydrogens (tertiary/aromatic N) is 2. The predicted octanol–water partition coefficient (Wildman–Crippen LogP) is 1.66. The maximum absolute atomic E-state index is 10.6. The van der Waals surface area contributed by atoms with Crippen LogP contribution in [0.3, 0.4) is 0 Å². The smallest absolute Gasteiger partial charge is 0.305 e. The van der Waals surface area contributed by atoms with Crippen molar-refractivity contribution in [3.8, 4) is 0 Å². The second-order valence-electron chi connectivity index (χ2n) is 3.89. The summed E-state index contributed by atoms with van der Waals surface area (Å²) in [6.07, 6.45) is 0.848. The summed E-state index contributed by atoms with van der Waals surface area (Å²) in [4.78, 5) is 15.1. The van der Waals surface area contributed by atoms with E-state index in [2.05, 4.69) is 4.98 Å². The summed E-state index contributed by atoms with van der Waals surface area (Å²) in [5, 5.41) is 8.74. The number of aliphatic carboxylic acids is 1. The van der Waals surface area contributed by atoms with Crippen LogP contribution in [0.15, 0.2) is 18.2 Å². The molecule has 3 N–H and O–H groups in total. The van der Waals surface area contributed by atoms with Gasteiger partial charge in [-0.25, -0.2) is 4.98 Å². The Hall–Kier alpha value is -2.04. The minimum Gasteiger partial charge on any atom is -0.481 e. The second kappa shape index (κ2) is 4.45. The monoisotopic (exact) mass is 233 g/mol. The van der Waals surface area contributed by atoms with Gasteiger partial charge in [-0.05, 0) is 12.1 Å². The third-order valence-corrected chi connectivity index (χ3v) is 2.75. The fraction of sp³-hybridized carbons (Fsp3) is 0.333. The van der Waals surface area contributed by atoms with Crippen molar-refractivity contribution in [1.29, 1.82) is 0 Å². The topological polar surface area (TPSA) is 81.1 Å². The van der Waals surface area contributed by atoms with Crippen LogP contribution in [0.4, 0.5) is 5.69 Å². The zero-order valence-electron chi connectivity index (χ0n) is 9.68. The van der Waals surface area contributed by atoms with Gasteiger partial charge in [0.25, 0.3) is 0 Å². The van der Waals surface area contributed by atoms with E-state index in [0.29, 0.717) is 12.2 Å². The molecule has 0 aliphatic heterocycles. The van der Waals surface area contributed by atoms with Crippen LogP contribution in [0.25, 0.3) is 11.0 Å². The van der Waals surface area contributed by atoms with E-state index in [0.717, 1.165) is 23.3 Å². The molecule has 0 saturated heterocycles. The van der Waals surface area contributed by atoms with Crippen LogP contribution in [-0.4, -0.2) is 20.6 Å². The molecule has 5 heteroatoms. The molecule has 1 heterocycles. The van der Waals surface area contributed by atoms with Crippen LogP contribution >= 0.6 is 0 Å². The Bertz CT molecular complexity index is 560. The van der Waals surface area contributed by atoms with Crippen LogP contribution in [0.2, 0.25) is 0 Å². The summed E-state index contributed by atoms with van der Waals surface area (Å²) in [7, 11) is 0. The lowest BCUT2D eigenvalue weighted by molar-refractivity contribution is -0.137. The van der Waals surface area contributed by atoms with E-state index in [9.17, 15) is 4.79 Å². The average Bonchev–Trinajstić information content (AvgIpc) is 2.66. The van der Waals surface area contributed by atoms with E-state index in [-0.39, 0.29) is 6.42 Å². The lowest BCUT2D eigenvalue weighted by atomic mass is 10.2. The molecule has 90 valence electrons. The molecule has 0 unspecified atom stereocenters. The molecular weight excluding hydrogens is 218 g/mol. The molecule has 2 aromatic rings. The second-order valence-corrected chi connectivity index (χ2v) is 3.89. The van der Waals surface area contributed by atoms with Gasteiger partial charge in [0.2, 0.25) is 0 Å². The number of nitrogens with two attached hydrogens (primary N) is 1. The number of rotatable bonds is 4. The van der Waals surface area contributed by atoms with Crippen molar-refractivity contribution < 1.29 is 9.90 Å². The summed E-state index contributed by atoms with van der Waals surface area (Å²) in [5.41, 5.74) is 8.15. The van der Waals surface area contributed by atoms with Crippen LogP contribution < -0.4 is 5.73 Å². The Kier molecular flexibility index (Phi) is 2.99. The molecular formula is C12H15N3O2. The number of hydrogen-bond acceptors (Lipinski definition) is 3. The van der Waals surface area contributed by atoms with Crippen molar-refractivity contribution in [2.24, 2.45) is 0 Å². The number of hydrogen-bond donors (Lipinski definition) is 2. The van der Waals surface area contributed by atoms with Gasteiger partial charge in [-0.15, -0.1) is 0 Å². The van der Waals surface area contributed by atoms with Crippen LogP contribution in [-0.2, 0) is 17.8 Å². The van der Waals surface area contributed by atoms with Gasteiger partial charge >= 0.3 is 5.97 Å². The number of fused-ring (bicyclic) bond motifs is 1. The number of imidazole rings is 1. The van der Waals surface area contributed by atoms with Gasteiger partial charge in [-0.1, -0.05) is 13.0 Å². The highest BCUT2D eigenvalue weighted by Crippen LogP contribution is 2.22. The van der Waals surface area contributed by atoms with Crippen molar-refractivity contribution >= 4 is 22.7 Å². The van der Waals surface area contributed by atoms with Gasteiger partial charge in [0.15, 0.2) is 0 Å². The molecule has 0 radical (unpaired) electrons. The number of nitrogen functional groups attached to an aromatic ring is 1. The first-order valence-corrected chi connectivity index (χ1v) is 5.59. The Labute approximate surface area is 98.9 Å². The maximum Gasteiger partial charge on any atom is 0.305 e. The van der Waals surface area contributed by atoms with E-state index >= 15 is 0 Å². The lowest BCUT2D eigenvalue weighted by Crippen LogP contribution is -2.07. The van der Waals surface area contributed by atoms with Crippen molar-refractivity contribution in [1.82, 2.24) is 9.55 Å². The van der Waals surface area contributed by atoms with Gasteiger partial charge in [-0.2, -0.15) is 0 Å². The number of benzene rings is 1. The average molecular weight is 233 g/mol. The number of anilines is 1. The first kappa shape index (κ1) is 11.4. The third kappa shape index (κ3) is 2.08. The molecule has 0 fully saturated rings. The molecule has 0 spiro atoms. The van der Waals surface area contributed by atoms with E-state index in [4.69, 9.17) is 10.8 Å². The molecule has 2 rings (SSSR count). The molecule has 17 heavy (non-hydrogen) atoms. The SMILES string of the molecule is CCc1nc2c(N)cccc2n1CCC(=O)O. The van der Waals surface area contributed by atoms with Crippen molar-refractivity contribution in [2.45, 2.75) is 26.3 Å². The fourth-order valence-electron chi connectivity index (χ4n) is 1.94. The molecule has 1 aromatic heterocycles. The number of carboxylic acids is 1. The van der Waals surface area contributed by atoms with Crippen LogP contribution in [0.1, 0.15) is 19.2 Å². The fourth-order valence-corrected chi connectivity index (χ4v) is 1.94. The number of carboxylic acid groups (broad SMARTS) is 1. The largest absolute Gasteiger partial charge is 0.481 e.